The van der Waals surface area contributed by atoms with E-state index in [1.807, 2.05) is 22.9 Å². The maximum atomic E-state index is 6.15. The van der Waals surface area contributed by atoms with E-state index in [4.69, 9.17) is 9.31 Å². The van der Waals surface area contributed by atoms with Crippen LogP contribution in [0.1, 0.15) is 33.3 Å². The fraction of sp³-hybridized carbons (Fsp3) is 0.350. The lowest BCUT2D eigenvalue weighted by atomic mass is 9.79. The highest BCUT2D eigenvalue weighted by atomic mass is 16.7. The largest absolute Gasteiger partial charge is 0.494 e. The van der Waals surface area contributed by atoms with E-state index >= 15 is 0 Å². The topological polar surface area (TPSA) is 36.3 Å². The van der Waals surface area contributed by atoms with Crippen molar-refractivity contribution in [3.05, 3.63) is 60.3 Å². The van der Waals surface area contributed by atoms with Crippen molar-refractivity contribution in [2.45, 2.75) is 45.4 Å². The van der Waals surface area contributed by atoms with Crippen molar-refractivity contribution in [3.63, 3.8) is 0 Å². The Morgan fingerprint density at radius 1 is 0.960 bits per heavy atom. The quantitative estimate of drug-likeness (QED) is 0.689. The molecule has 0 radical (unpaired) electrons. The van der Waals surface area contributed by atoms with Crippen molar-refractivity contribution in [2.24, 2.45) is 0 Å². The van der Waals surface area contributed by atoms with Gasteiger partial charge in [0.25, 0.3) is 0 Å². The molecule has 0 bridgehead atoms. The summed E-state index contributed by atoms with van der Waals surface area (Å²) in [6.45, 7) is 9.06. The molecule has 0 amide bonds. The predicted molar refractivity (Wildman–Crippen MR) is 101 cm³/mol. The minimum atomic E-state index is -0.341. The molecular weight excluding hydrogens is 311 g/mol. The van der Waals surface area contributed by atoms with Gasteiger partial charge in [0.05, 0.1) is 23.3 Å². The molecule has 0 N–H and O–H groups in total. The Kier molecular flexibility index (Phi) is 3.74. The van der Waals surface area contributed by atoms with Crippen LogP contribution in [0.5, 0.6) is 0 Å². The van der Waals surface area contributed by atoms with E-state index in [1.165, 1.54) is 5.56 Å². The van der Waals surface area contributed by atoms with Crippen LogP contribution in [0.3, 0.4) is 0 Å². The Hall–Kier alpha value is -2.11. The summed E-state index contributed by atoms with van der Waals surface area (Å²) in [5, 5.41) is 5.77. The van der Waals surface area contributed by atoms with Crippen LogP contribution < -0.4 is 5.46 Å². The van der Waals surface area contributed by atoms with Crippen LogP contribution >= 0.6 is 0 Å². The first-order chi connectivity index (χ1) is 11.8. The Bertz CT molecular complexity index is 886. The summed E-state index contributed by atoms with van der Waals surface area (Å²) in [6.07, 6.45) is 2.08. The van der Waals surface area contributed by atoms with Gasteiger partial charge in [-0.3, -0.25) is 4.68 Å². The van der Waals surface area contributed by atoms with Gasteiger partial charge < -0.3 is 9.31 Å². The highest BCUT2D eigenvalue weighted by Crippen LogP contribution is 2.36. The maximum Gasteiger partial charge on any atom is 0.494 e. The second-order valence-corrected chi connectivity index (χ2v) is 7.72. The standard InChI is InChI=1S/C20H23BN2O2/c1-19(2)20(3,4)25-21(24-19)17-10-11-18-16(12-17)14-23(22-18)13-15-8-6-5-7-9-15/h5-12,14H,13H2,1-4H3. The Morgan fingerprint density at radius 2 is 1.64 bits per heavy atom. The van der Waals surface area contributed by atoms with Gasteiger partial charge in [-0.1, -0.05) is 42.5 Å². The third-order valence-corrected chi connectivity index (χ3v) is 5.29. The lowest BCUT2D eigenvalue weighted by Crippen LogP contribution is -2.41. The zero-order valence-corrected chi connectivity index (χ0v) is 15.2. The summed E-state index contributed by atoms with van der Waals surface area (Å²) in [5.41, 5.74) is 2.59. The van der Waals surface area contributed by atoms with Crippen molar-refractivity contribution in [3.8, 4) is 0 Å². The average molecular weight is 334 g/mol. The molecule has 4 rings (SSSR count). The molecule has 2 aromatic carbocycles. The van der Waals surface area contributed by atoms with Crippen molar-refractivity contribution >= 4 is 23.5 Å². The van der Waals surface area contributed by atoms with Gasteiger partial charge in [0.15, 0.2) is 0 Å². The summed E-state index contributed by atoms with van der Waals surface area (Å²) in [5.74, 6) is 0. The number of rotatable bonds is 3. The Morgan fingerprint density at radius 3 is 2.32 bits per heavy atom. The van der Waals surface area contributed by atoms with Crippen LogP contribution in [0.15, 0.2) is 54.7 Å². The van der Waals surface area contributed by atoms with E-state index in [-0.39, 0.29) is 18.3 Å². The van der Waals surface area contributed by atoms with Crippen molar-refractivity contribution in [1.82, 2.24) is 9.78 Å². The number of benzene rings is 2. The number of fused-ring (bicyclic) bond motifs is 1. The highest BCUT2D eigenvalue weighted by molar-refractivity contribution is 6.62. The molecule has 0 saturated carbocycles. The molecule has 4 nitrogen and oxygen atoms in total. The molecule has 3 aromatic rings. The first kappa shape index (κ1) is 16.4. The summed E-state index contributed by atoms with van der Waals surface area (Å²) in [4.78, 5) is 0. The molecule has 128 valence electrons. The number of nitrogens with zero attached hydrogens (tertiary/aromatic N) is 2. The lowest BCUT2D eigenvalue weighted by molar-refractivity contribution is 0.00578. The second kappa shape index (κ2) is 5.72. The molecule has 5 heteroatoms. The van der Waals surface area contributed by atoms with Crippen molar-refractivity contribution in [2.75, 3.05) is 0 Å². The monoisotopic (exact) mass is 334 g/mol. The van der Waals surface area contributed by atoms with Gasteiger partial charge in [-0.05, 0) is 44.8 Å². The minimum absolute atomic E-state index is 0.329. The molecule has 1 aromatic heterocycles. The van der Waals surface area contributed by atoms with Gasteiger partial charge in [-0.2, -0.15) is 5.10 Å². The van der Waals surface area contributed by atoms with E-state index in [0.29, 0.717) is 0 Å². The number of hydrogen-bond acceptors (Lipinski definition) is 3. The zero-order valence-electron chi connectivity index (χ0n) is 15.2. The first-order valence-electron chi connectivity index (χ1n) is 8.71. The predicted octanol–water partition coefficient (Wildman–Crippen LogP) is 3.38. The highest BCUT2D eigenvalue weighted by Gasteiger charge is 2.51. The van der Waals surface area contributed by atoms with Gasteiger partial charge in [0.1, 0.15) is 0 Å². The molecule has 0 spiro atoms. The third-order valence-electron chi connectivity index (χ3n) is 5.29. The average Bonchev–Trinajstić information content (AvgIpc) is 3.04. The van der Waals surface area contributed by atoms with E-state index < -0.39 is 0 Å². The SMILES string of the molecule is CC1(C)OB(c2ccc3nn(Cc4ccccc4)cc3c2)OC1(C)C. The molecule has 25 heavy (non-hydrogen) atoms. The summed E-state index contributed by atoms with van der Waals surface area (Å²) >= 11 is 0. The molecule has 1 saturated heterocycles. The summed E-state index contributed by atoms with van der Waals surface area (Å²) in [7, 11) is -0.341. The molecule has 0 aliphatic carbocycles. The van der Waals surface area contributed by atoms with Gasteiger partial charge in [-0.25, -0.2) is 0 Å². The molecular formula is C20H23BN2O2. The third kappa shape index (κ3) is 2.98. The molecule has 0 atom stereocenters. The van der Waals surface area contributed by atoms with E-state index in [0.717, 1.165) is 22.9 Å². The van der Waals surface area contributed by atoms with Crippen LogP contribution in [0, 0.1) is 0 Å². The Labute approximate surface area is 148 Å². The van der Waals surface area contributed by atoms with E-state index in [1.54, 1.807) is 0 Å². The fourth-order valence-electron chi connectivity index (χ4n) is 3.07. The Balaban J connectivity index is 1.61. The molecule has 1 fully saturated rings. The molecule has 1 aliphatic heterocycles. The fourth-order valence-corrected chi connectivity index (χ4v) is 3.07. The maximum absolute atomic E-state index is 6.15. The molecule has 2 heterocycles. The summed E-state index contributed by atoms with van der Waals surface area (Å²) in [6, 6.07) is 16.6. The first-order valence-corrected chi connectivity index (χ1v) is 8.71. The van der Waals surface area contributed by atoms with Crippen LogP contribution in [0.4, 0.5) is 0 Å². The van der Waals surface area contributed by atoms with E-state index in [9.17, 15) is 0 Å². The smallest absolute Gasteiger partial charge is 0.399 e. The van der Waals surface area contributed by atoms with E-state index in [2.05, 4.69) is 69.3 Å². The minimum Gasteiger partial charge on any atom is -0.399 e. The van der Waals surface area contributed by atoms with Gasteiger partial charge in [0, 0.05) is 11.6 Å². The second-order valence-electron chi connectivity index (χ2n) is 7.72. The van der Waals surface area contributed by atoms with Crippen molar-refractivity contribution in [1.29, 1.82) is 0 Å². The number of aromatic nitrogens is 2. The summed E-state index contributed by atoms with van der Waals surface area (Å²) < 4.78 is 14.3. The van der Waals surface area contributed by atoms with Crippen LogP contribution in [0.2, 0.25) is 0 Å². The van der Waals surface area contributed by atoms with Crippen LogP contribution in [0.25, 0.3) is 10.9 Å². The number of hydrogen-bond donors (Lipinski definition) is 0. The normalized spacial score (nSPS) is 18.8. The van der Waals surface area contributed by atoms with Gasteiger partial charge in [-0.15, -0.1) is 0 Å². The van der Waals surface area contributed by atoms with Crippen LogP contribution in [-0.2, 0) is 15.9 Å². The molecule has 0 unspecified atom stereocenters. The van der Waals surface area contributed by atoms with Crippen molar-refractivity contribution < 1.29 is 9.31 Å². The lowest BCUT2D eigenvalue weighted by Gasteiger charge is -2.32. The van der Waals surface area contributed by atoms with Gasteiger partial charge >= 0.3 is 7.12 Å². The van der Waals surface area contributed by atoms with Gasteiger partial charge in [0.2, 0.25) is 0 Å². The zero-order chi connectivity index (χ0) is 17.7. The molecule has 1 aliphatic rings. The van der Waals surface area contributed by atoms with Crippen LogP contribution in [-0.4, -0.2) is 28.1 Å².